The van der Waals surface area contributed by atoms with Crippen molar-refractivity contribution < 1.29 is 9.53 Å². The van der Waals surface area contributed by atoms with Crippen molar-refractivity contribution in [3.8, 4) is 40.2 Å². The van der Waals surface area contributed by atoms with Crippen molar-refractivity contribution in [1.29, 1.82) is 0 Å². The second kappa shape index (κ2) is 9.03. The van der Waals surface area contributed by atoms with Gasteiger partial charge in [0.25, 0.3) is 11.4 Å². The van der Waals surface area contributed by atoms with Crippen LogP contribution in [0.4, 0.5) is 0 Å². The Morgan fingerprint density at radius 1 is 1.09 bits per heavy atom. The summed E-state index contributed by atoms with van der Waals surface area (Å²) in [6.45, 7) is 3.67. The molecule has 0 unspecified atom stereocenters. The van der Waals surface area contributed by atoms with Crippen LogP contribution in [0, 0.1) is 18.8 Å². The number of nitrogens with zero attached hydrogens (tertiary/aromatic N) is 6. The lowest BCUT2D eigenvalue weighted by molar-refractivity contribution is -0.128. The van der Waals surface area contributed by atoms with Crippen molar-refractivity contribution in [1.82, 2.24) is 40.4 Å². The van der Waals surface area contributed by atoms with Crippen LogP contribution in [0.2, 0.25) is 0 Å². The second-order valence-electron chi connectivity index (χ2n) is 7.54. The van der Waals surface area contributed by atoms with E-state index in [9.17, 15) is 9.59 Å². The summed E-state index contributed by atoms with van der Waals surface area (Å²) >= 11 is 0. The minimum atomic E-state index is -0.775. The van der Waals surface area contributed by atoms with Gasteiger partial charge in [0.05, 0.1) is 0 Å². The number of benzene rings is 2. The number of hydrogen-bond acceptors (Lipinski definition) is 8. The summed E-state index contributed by atoms with van der Waals surface area (Å²) in [7, 11) is 0. The van der Waals surface area contributed by atoms with Crippen molar-refractivity contribution in [2.24, 2.45) is 0 Å². The first-order valence-electron chi connectivity index (χ1n) is 10.6. The first kappa shape index (κ1) is 21.7. The molecule has 0 saturated carbocycles. The molecule has 0 saturated heterocycles. The molecule has 0 aliphatic rings. The number of tetrazole rings is 1. The van der Waals surface area contributed by atoms with E-state index in [-0.39, 0.29) is 11.4 Å². The van der Waals surface area contributed by atoms with E-state index in [1.807, 2.05) is 48.5 Å². The van der Waals surface area contributed by atoms with Gasteiger partial charge in [-0.2, -0.15) is 5.21 Å². The van der Waals surface area contributed by atoms with Gasteiger partial charge in [-0.25, -0.2) is 14.9 Å². The zero-order valence-corrected chi connectivity index (χ0v) is 18.7. The molecule has 2 N–H and O–H groups in total. The van der Waals surface area contributed by atoms with Crippen molar-refractivity contribution in [2.75, 3.05) is 0 Å². The quantitative estimate of drug-likeness (QED) is 0.228. The molecule has 11 nitrogen and oxygen atoms in total. The van der Waals surface area contributed by atoms with E-state index >= 15 is 0 Å². The van der Waals surface area contributed by atoms with E-state index in [4.69, 9.17) is 4.74 Å². The van der Waals surface area contributed by atoms with Gasteiger partial charge in [0.1, 0.15) is 11.3 Å². The van der Waals surface area contributed by atoms with Crippen molar-refractivity contribution in [3.05, 3.63) is 70.3 Å². The van der Waals surface area contributed by atoms with E-state index in [0.717, 1.165) is 22.3 Å². The zero-order valence-electron chi connectivity index (χ0n) is 18.7. The van der Waals surface area contributed by atoms with Crippen LogP contribution in [0.25, 0.3) is 33.5 Å². The molecule has 0 aliphatic carbocycles. The van der Waals surface area contributed by atoms with Gasteiger partial charge in [0.2, 0.25) is 5.82 Å². The summed E-state index contributed by atoms with van der Waals surface area (Å²) in [6, 6.07) is 15.7. The number of nitrogens with one attached hydrogen (secondary N) is 2. The molecule has 0 aliphatic heterocycles. The number of carbonyl (C=O) groups is 1. The number of rotatable bonds is 5. The third-order valence-electron chi connectivity index (χ3n) is 5.37. The molecule has 0 fully saturated rings. The van der Waals surface area contributed by atoms with Gasteiger partial charge < -0.3 is 9.30 Å². The minimum absolute atomic E-state index is 0.0568. The molecule has 0 radical (unpaired) electrons. The number of aryl methyl sites for hydroxylation is 1. The molecule has 0 atom stereocenters. The van der Waals surface area contributed by atoms with Gasteiger partial charge >= 0.3 is 5.97 Å². The fourth-order valence-corrected chi connectivity index (χ4v) is 3.81. The molecule has 0 bridgehead atoms. The fraction of sp³-hybridized carbons (Fsp3) is 0.125. The van der Waals surface area contributed by atoms with Gasteiger partial charge in [0, 0.05) is 18.0 Å². The number of aromatic nitrogens is 8. The Bertz CT molecular complexity index is 1660. The maximum atomic E-state index is 12.3. The van der Waals surface area contributed by atoms with Crippen LogP contribution in [0.5, 0.6) is 5.88 Å². The zero-order chi connectivity index (χ0) is 24.4. The Labute approximate surface area is 198 Å². The molecule has 3 aromatic heterocycles. The highest BCUT2D eigenvalue weighted by Gasteiger charge is 2.19. The third-order valence-corrected chi connectivity index (χ3v) is 5.37. The lowest BCUT2D eigenvalue weighted by Gasteiger charge is -2.11. The molecule has 5 rings (SSSR count). The Kier molecular flexibility index (Phi) is 5.60. The van der Waals surface area contributed by atoms with Crippen LogP contribution in [0.15, 0.2) is 53.3 Å². The van der Waals surface area contributed by atoms with Crippen molar-refractivity contribution in [2.45, 2.75) is 20.4 Å². The Balaban J connectivity index is 1.51. The van der Waals surface area contributed by atoms with E-state index in [1.165, 1.54) is 6.92 Å². The summed E-state index contributed by atoms with van der Waals surface area (Å²) in [5.41, 5.74) is 3.73. The first-order valence-corrected chi connectivity index (χ1v) is 10.6. The molecule has 0 spiro atoms. The highest BCUT2D eigenvalue weighted by Crippen LogP contribution is 2.30. The van der Waals surface area contributed by atoms with Gasteiger partial charge in [-0.3, -0.25) is 4.79 Å². The van der Waals surface area contributed by atoms with Gasteiger partial charge in [0.15, 0.2) is 5.52 Å². The average molecular weight is 466 g/mol. The van der Waals surface area contributed by atoms with Crippen LogP contribution in [-0.4, -0.2) is 46.3 Å². The fourth-order valence-electron chi connectivity index (χ4n) is 3.81. The number of esters is 1. The minimum Gasteiger partial charge on any atom is -0.394 e. The van der Waals surface area contributed by atoms with E-state index in [1.54, 1.807) is 11.5 Å². The normalized spacial score (nSPS) is 10.7. The Morgan fingerprint density at radius 2 is 1.86 bits per heavy atom. The first-order chi connectivity index (χ1) is 17.0. The summed E-state index contributed by atoms with van der Waals surface area (Å²) in [4.78, 5) is 28.6. The standard InChI is InChI=1S/C24H18N8O3/c1-3-6-19(33)35-24-21-20(23(34)28-29-24)25-14(2)32(21)13-15-9-11-16(12-10-15)17-7-4-5-8-18(17)22-26-30-31-27-22/h4-5,7-12H,13H2,1-2H3,(H,28,34)(H,26,27,30,31). The molecule has 172 valence electrons. The molecule has 5 aromatic rings. The second-order valence-corrected chi connectivity index (χ2v) is 7.54. The van der Waals surface area contributed by atoms with Crippen LogP contribution in [0.1, 0.15) is 18.3 Å². The number of aromatic amines is 2. The number of ether oxygens (including phenoxy) is 1. The van der Waals surface area contributed by atoms with Crippen LogP contribution in [0.3, 0.4) is 0 Å². The molecule has 2 aromatic carbocycles. The maximum absolute atomic E-state index is 12.3. The number of fused-ring (bicyclic) bond motifs is 1. The average Bonchev–Trinajstić information content (AvgIpc) is 3.51. The Hall–Kier alpha value is -5.11. The predicted octanol–water partition coefficient (Wildman–Crippen LogP) is 2.25. The predicted molar refractivity (Wildman–Crippen MR) is 126 cm³/mol. The number of hydrogen-bond donors (Lipinski definition) is 2. The molecule has 35 heavy (non-hydrogen) atoms. The summed E-state index contributed by atoms with van der Waals surface area (Å²) in [5.74, 6) is 5.03. The van der Waals surface area contributed by atoms with Crippen LogP contribution in [-0.2, 0) is 11.3 Å². The lowest BCUT2D eigenvalue weighted by atomic mass is 9.98. The number of H-pyrrole nitrogens is 2. The van der Waals surface area contributed by atoms with E-state index in [0.29, 0.717) is 23.7 Å². The summed E-state index contributed by atoms with van der Waals surface area (Å²) < 4.78 is 7.05. The van der Waals surface area contributed by atoms with Crippen molar-refractivity contribution >= 4 is 17.0 Å². The van der Waals surface area contributed by atoms with Crippen molar-refractivity contribution in [3.63, 3.8) is 0 Å². The highest BCUT2D eigenvalue weighted by molar-refractivity contribution is 5.92. The third kappa shape index (κ3) is 4.16. The molecule has 11 heteroatoms. The molecule has 0 amide bonds. The van der Waals surface area contributed by atoms with Crippen LogP contribution >= 0.6 is 0 Å². The summed E-state index contributed by atoms with van der Waals surface area (Å²) in [6.07, 6.45) is 0. The Morgan fingerprint density at radius 3 is 2.57 bits per heavy atom. The molecular formula is C24H18N8O3. The smallest absolute Gasteiger partial charge is 0.391 e. The van der Waals surface area contributed by atoms with Gasteiger partial charge in [-0.1, -0.05) is 54.5 Å². The monoisotopic (exact) mass is 466 g/mol. The SMILES string of the molecule is CC#CC(=O)Oc1n[nH]c(=O)c2nc(C)n(Cc3ccc(-c4ccccc4-c4nn[nH]n4)cc3)c12. The molecular weight excluding hydrogens is 448 g/mol. The number of imidazole rings is 1. The largest absolute Gasteiger partial charge is 0.394 e. The lowest BCUT2D eigenvalue weighted by Crippen LogP contribution is -2.14. The topological polar surface area (TPSA) is 144 Å². The van der Waals surface area contributed by atoms with Crippen LogP contribution < -0.4 is 10.3 Å². The van der Waals surface area contributed by atoms with Gasteiger partial charge in [-0.15, -0.1) is 15.3 Å². The maximum Gasteiger partial charge on any atom is 0.391 e. The highest BCUT2D eigenvalue weighted by atomic mass is 16.5. The van der Waals surface area contributed by atoms with Gasteiger partial charge in [-0.05, 0) is 35.8 Å². The number of carbonyl (C=O) groups excluding carboxylic acids is 1. The summed E-state index contributed by atoms with van der Waals surface area (Å²) in [5, 5.41) is 20.5. The van der Waals surface area contributed by atoms with E-state index < -0.39 is 11.5 Å². The molecule has 3 heterocycles. The van der Waals surface area contributed by atoms with E-state index in [2.05, 4.69) is 47.6 Å².